The third-order valence-electron chi connectivity index (χ3n) is 4.90. The van der Waals surface area contributed by atoms with Crippen LogP contribution in [-0.4, -0.2) is 95.9 Å². The van der Waals surface area contributed by atoms with Crippen LogP contribution in [-0.2, 0) is 39.4 Å². The molecular formula is C24H28N2O12S2. The summed E-state index contributed by atoms with van der Waals surface area (Å²) in [4.78, 5) is 45.4. The highest BCUT2D eigenvalue weighted by Gasteiger charge is 2.24. The van der Waals surface area contributed by atoms with Crippen molar-refractivity contribution in [1.82, 2.24) is 9.80 Å². The molecule has 0 bridgehead atoms. The summed E-state index contributed by atoms with van der Waals surface area (Å²) < 4.78 is 59.1. The molecule has 0 spiro atoms. The predicted octanol–water partition coefficient (Wildman–Crippen LogP) is 0.866. The van der Waals surface area contributed by atoms with Gasteiger partial charge in [0.05, 0.1) is 22.9 Å². The van der Waals surface area contributed by atoms with Gasteiger partial charge in [-0.05, 0) is 38.1 Å². The van der Waals surface area contributed by atoms with E-state index in [1.165, 1.54) is 24.3 Å². The molecule has 0 aromatic heterocycles. The number of aryl methyl sites for hydroxylation is 2. The summed E-state index contributed by atoms with van der Waals surface area (Å²) in [5.41, 5.74) is 1.91. The molecule has 14 nitrogen and oxygen atoms in total. The largest absolute Gasteiger partial charge is 0.480 e. The maximum Gasteiger partial charge on any atom is 0.317 e. The van der Waals surface area contributed by atoms with Gasteiger partial charge in [0.25, 0.3) is 32.1 Å². The molecule has 1 aliphatic heterocycles. The van der Waals surface area contributed by atoms with Crippen molar-refractivity contribution in [3.63, 3.8) is 0 Å². The molecule has 16 heteroatoms. The van der Waals surface area contributed by atoms with Gasteiger partial charge in [-0.15, -0.1) is 0 Å². The van der Waals surface area contributed by atoms with Crippen molar-refractivity contribution >= 4 is 44.0 Å². The number of carbonyl (C=O) groups is 4. The average molecular weight is 601 g/mol. The summed E-state index contributed by atoms with van der Waals surface area (Å²) in [5.74, 6) is -3.31. The number of carboxylic acid groups (broad SMARTS) is 2. The fourth-order valence-corrected chi connectivity index (χ4v) is 3.87. The minimum atomic E-state index is -4.02. The molecule has 0 aliphatic carbocycles. The highest BCUT2D eigenvalue weighted by molar-refractivity contribution is 7.86. The molecule has 40 heavy (non-hydrogen) atoms. The smallest absolute Gasteiger partial charge is 0.317 e. The van der Waals surface area contributed by atoms with Crippen molar-refractivity contribution < 1.29 is 55.3 Å². The highest BCUT2D eigenvalue weighted by Crippen LogP contribution is 2.09. The van der Waals surface area contributed by atoms with E-state index in [9.17, 15) is 36.0 Å². The van der Waals surface area contributed by atoms with Crippen LogP contribution in [0, 0.1) is 13.8 Å². The van der Waals surface area contributed by atoms with E-state index in [0.29, 0.717) is 0 Å². The first kappa shape index (κ1) is 34.1. The zero-order chi connectivity index (χ0) is 30.7. The third kappa shape index (κ3) is 12.7. The Labute approximate surface area is 230 Å². The van der Waals surface area contributed by atoms with E-state index in [4.69, 9.17) is 19.3 Å². The van der Waals surface area contributed by atoms with E-state index in [1.807, 2.05) is 13.8 Å². The molecule has 0 saturated heterocycles. The SMILES string of the molecule is Cc1ccc(S(=O)(=O)O)cc1.Cc1ccc(S(=O)(=O)O)cc1.O=C(O)CN(CCN1C(=O)C=CC1=O)CC(=O)O. The van der Waals surface area contributed by atoms with Gasteiger partial charge < -0.3 is 10.2 Å². The van der Waals surface area contributed by atoms with E-state index in [-0.39, 0.29) is 22.9 Å². The monoisotopic (exact) mass is 600 g/mol. The lowest BCUT2D eigenvalue weighted by Crippen LogP contribution is -2.42. The summed E-state index contributed by atoms with van der Waals surface area (Å²) in [6.45, 7) is 2.72. The van der Waals surface area contributed by atoms with Crippen LogP contribution in [0.3, 0.4) is 0 Å². The Morgan fingerprint density at radius 1 is 0.700 bits per heavy atom. The van der Waals surface area contributed by atoms with Crippen molar-refractivity contribution in [3.05, 3.63) is 71.8 Å². The number of rotatable bonds is 9. The third-order valence-corrected chi connectivity index (χ3v) is 6.63. The fourth-order valence-electron chi connectivity index (χ4n) is 2.91. The molecule has 0 saturated carbocycles. The second-order valence-corrected chi connectivity index (χ2v) is 11.1. The van der Waals surface area contributed by atoms with Gasteiger partial charge in [0.15, 0.2) is 0 Å². The van der Waals surface area contributed by atoms with Crippen LogP contribution in [0.5, 0.6) is 0 Å². The van der Waals surface area contributed by atoms with Gasteiger partial charge in [-0.25, -0.2) is 0 Å². The van der Waals surface area contributed by atoms with Crippen LogP contribution in [0.15, 0.2) is 70.5 Å². The van der Waals surface area contributed by atoms with Gasteiger partial charge in [-0.3, -0.25) is 38.1 Å². The lowest BCUT2D eigenvalue weighted by atomic mass is 10.2. The molecule has 1 aliphatic rings. The Hall–Kier alpha value is -3.96. The molecule has 3 rings (SSSR count). The maximum absolute atomic E-state index is 11.2. The second-order valence-electron chi connectivity index (χ2n) is 8.24. The van der Waals surface area contributed by atoms with Gasteiger partial charge in [0.1, 0.15) is 0 Å². The summed E-state index contributed by atoms with van der Waals surface area (Å²) in [6, 6.07) is 12.0. The number of imide groups is 1. The van der Waals surface area contributed by atoms with E-state index in [0.717, 1.165) is 33.1 Å². The Morgan fingerprint density at radius 2 is 1.02 bits per heavy atom. The van der Waals surface area contributed by atoms with E-state index < -0.39 is 57.1 Å². The molecule has 0 fully saturated rings. The zero-order valence-electron chi connectivity index (χ0n) is 21.4. The van der Waals surface area contributed by atoms with Crippen LogP contribution >= 0.6 is 0 Å². The first-order valence-electron chi connectivity index (χ1n) is 11.2. The fraction of sp³-hybridized carbons (Fsp3) is 0.250. The number of carboxylic acids is 2. The van der Waals surface area contributed by atoms with Gasteiger partial charge >= 0.3 is 11.9 Å². The lowest BCUT2D eigenvalue weighted by molar-refractivity contribution is -0.141. The first-order valence-corrected chi connectivity index (χ1v) is 14.1. The summed E-state index contributed by atoms with van der Waals surface area (Å²) in [7, 11) is -8.04. The average Bonchev–Trinajstić information content (AvgIpc) is 3.14. The standard InChI is InChI=1S/C10H12N2O6.2C7H8O3S/c13-7-1-2-8(14)12(7)4-3-11(5-9(15)16)6-10(17)18;2*1-6-2-4-7(5-3-6)11(8,9)10/h1-2H,3-6H2,(H,15,16)(H,17,18);2*2-5H,1H3,(H,8,9,10). The second kappa shape index (κ2) is 15.0. The quantitative estimate of drug-likeness (QED) is 0.232. The Kier molecular flexibility index (Phi) is 12.8. The molecular weight excluding hydrogens is 572 g/mol. The Morgan fingerprint density at radius 3 is 1.30 bits per heavy atom. The number of hydrogen-bond acceptors (Lipinski definition) is 9. The molecule has 4 N–H and O–H groups in total. The van der Waals surface area contributed by atoms with Crippen LogP contribution in [0.4, 0.5) is 0 Å². The van der Waals surface area contributed by atoms with Crippen molar-refractivity contribution in [1.29, 1.82) is 0 Å². The summed E-state index contributed by atoms with van der Waals surface area (Å²) in [5, 5.41) is 17.2. The molecule has 0 unspecified atom stereocenters. The minimum absolute atomic E-state index is 0.00222. The molecule has 2 amide bonds. The molecule has 218 valence electrons. The number of hydrogen-bond donors (Lipinski definition) is 4. The Bertz CT molecular complexity index is 1340. The highest BCUT2D eigenvalue weighted by atomic mass is 32.2. The van der Waals surface area contributed by atoms with E-state index >= 15 is 0 Å². The normalized spacial score (nSPS) is 12.9. The van der Waals surface area contributed by atoms with Gasteiger partial charge in [0.2, 0.25) is 0 Å². The van der Waals surface area contributed by atoms with Gasteiger partial charge in [-0.2, -0.15) is 16.8 Å². The summed E-state index contributed by atoms with van der Waals surface area (Å²) in [6.07, 6.45) is 2.22. The lowest BCUT2D eigenvalue weighted by Gasteiger charge is -2.21. The maximum atomic E-state index is 11.2. The van der Waals surface area contributed by atoms with Crippen molar-refractivity contribution in [2.24, 2.45) is 0 Å². The number of amides is 2. The number of carbonyl (C=O) groups excluding carboxylic acids is 2. The van der Waals surface area contributed by atoms with Crippen molar-refractivity contribution in [2.45, 2.75) is 23.6 Å². The zero-order valence-corrected chi connectivity index (χ0v) is 23.0. The first-order chi connectivity index (χ1) is 18.4. The number of benzene rings is 2. The van der Waals surface area contributed by atoms with Gasteiger partial charge in [0, 0.05) is 25.2 Å². The van der Waals surface area contributed by atoms with Crippen LogP contribution in [0.2, 0.25) is 0 Å². The molecule has 2 aromatic rings. The molecule has 0 atom stereocenters. The van der Waals surface area contributed by atoms with Crippen LogP contribution < -0.4 is 0 Å². The van der Waals surface area contributed by atoms with Crippen molar-refractivity contribution in [3.8, 4) is 0 Å². The van der Waals surface area contributed by atoms with Crippen LogP contribution in [0.25, 0.3) is 0 Å². The predicted molar refractivity (Wildman–Crippen MR) is 140 cm³/mol. The molecule has 2 aromatic carbocycles. The Balaban J connectivity index is 0.000000315. The number of aliphatic carboxylic acids is 2. The topological polar surface area (TPSA) is 224 Å². The summed E-state index contributed by atoms with van der Waals surface area (Å²) >= 11 is 0. The molecule has 1 heterocycles. The minimum Gasteiger partial charge on any atom is -0.480 e. The van der Waals surface area contributed by atoms with Crippen molar-refractivity contribution in [2.75, 3.05) is 26.2 Å². The molecule has 0 radical (unpaired) electrons. The van der Waals surface area contributed by atoms with Gasteiger partial charge in [-0.1, -0.05) is 35.4 Å². The number of nitrogens with zero attached hydrogens (tertiary/aromatic N) is 2. The van der Waals surface area contributed by atoms with E-state index in [1.54, 1.807) is 24.3 Å². The van der Waals surface area contributed by atoms with Crippen LogP contribution in [0.1, 0.15) is 11.1 Å². The van der Waals surface area contributed by atoms with E-state index in [2.05, 4.69) is 0 Å².